The number of carbonyl (C=O) groups is 1. The number of hydrogen-bond acceptors (Lipinski definition) is 3. The van der Waals surface area contributed by atoms with Crippen molar-refractivity contribution in [2.45, 2.75) is 46.1 Å². The first-order valence-corrected chi connectivity index (χ1v) is 9.86. The second-order valence-corrected chi connectivity index (χ2v) is 7.41. The van der Waals surface area contributed by atoms with E-state index < -0.39 is 0 Å². The number of benzene rings is 1. The van der Waals surface area contributed by atoms with E-state index in [4.69, 9.17) is 4.74 Å². The molecule has 1 N–H and O–H groups in total. The van der Waals surface area contributed by atoms with Gasteiger partial charge >= 0.3 is 6.03 Å². The molecule has 0 saturated carbocycles. The maximum absolute atomic E-state index is 12.5. The minimum absolute atomic E-state index is 0.0249. The third-order valence-electron chi connectivity index (χ3n) is 5.04. The average Bonchev–Trinajstić information content (AvgIpc) is 3.12. The van der Waals surface area contributed by atoms with Crippen LogP contribution in [0.1, 0.15) is 45.4 Å². The average molecular weight is 370 g/mol. The third kappa shape index (κ3) is 5.02. The first-order valence-electron chi connectivity index (χ1n) is 9.86. The maximum atomic E-state index is 12.5. The minimum Gasteiger partial charge on any atom is -0.494 e. The van der Waals surface area contributed by atoms with Gasteiger partial charge in [-0.1, -0.05) is 13.8 Å². The lowest BCUT2D eigenvalue weighted by Crippen LogP contribution is -2.41. The van der Waals surface area contributed by atoms with Crippen LogP contribution in [0.2, 0.25) is 0 Å². The van der Waals surface area contributed by atoms with E-state index in [2.05, 4.69) is 34.9 Å². The summed E-state index contributed by atoms with van der Waals surface area (Å²) in [4.78, 5) is 18.9. The quantitative estimate of drug-likeness (QED) is 0.822. The molecule has 27 heavy (non-hydrogen) atoms. The van der Waals surface area contributed by atoms with Gasteiger partial charge in [-0.15, -0.1) is 0 Å². The van der Waals surface area contributed by atoms with Crippen molar-refractivity contribution in [2.24, 2.45) is 5.92 Å². The highest BCUT2D eigenvalue weighted by Gasteiger charge is 2.24. The van der Waals surface area contributed by atoms with Gasteiger partial charge in [0.15, 0.2) is 0 Å². The molecule has 1 saturated heterocycles. The number of hydrogen-bond donors (Lipinski definition) is 1. The highest BCUT2D eigenvalue weighted by atomic mass is 16.5. The van der Waals surface area contributed by atoms with Gasteiger partial charge in [0.05, 0.1) is 6.61 Å². The Kier molecular flexibility index (Phi) is 6.37. The van der Waals surface area contributed by atoms with Crippen molar-refractivity contribution < 1.29 is 9.53 Å². The summed E-state index contributed by atoms with van der Waals surface area (Å²) in [6.45, 7) is 9.51. The predicted octanol–water partition coefficient (Wildman–Crippen LogP) is 4.35. The monoisotopic (exact) mass is 370 g/mol. The fourth-order valence-electron chi connectivity index (χ4n) is 3.58. The molecule has 0 spiro atoms. The smallest absolute Gasteiger partial charge is 0.321 e. The largest absolute Gasteiger partial charge is 0.494 e. The second-order valence-electron chi connectivity index (χ2n) is 7.41. The Hall–Kier alpha value is -2.50. The van der Waals surface area contributed by atoms with Crippen LogP contribution in [0.3, 0.4) is 0 Å². The molecule has 0 radical (unpaired) electrons. The van der Waals surface area contributed by atoms with E-state index in [1.807, 2.05) is 42.3 Å². The van der Waals surface area contributed by atoms with E-state index in [1.165, 1.54) is 0 Å². The first kappa shape index (κ1) is 19.3. The zero-order valence-corrected chi connectivity index (χ0v) is 16.5. The molecular formula is C21H30N4O2. The molecule has 0 atom stereocenters. The van der Waals surface area contributed by atoms with Gasteiger partial charge in [0.1, 0.15) is 11.6 Å². The standard InChI is InChI=1S/C21H30N4O2/c1-4-27-19-7-5-18(6-8-19)23-21(26)24-12-9-17(10-13-24)15-25-14-11-22-20(25)16(2)3/h5-8,11,14,16-17H,4,9-10,12-13,15H2,1-3H3,(H,23,26). The van der Waals surface area contributed by atoms with Gasteiger partial charge in [0, 0.05) is 43.6 Å². The molecule has 2 heterocycles. The maximum Gasteiger partial charge on any atom is 0.321 e. The Morgan fingerprint density at radius 3 is 2.59 bits per heavy atom. The molecule has 146 valence electrons. The summed E-state index contributed by atoms with van der Waals surface area (Å²) in [5.74, 6) is 2.98. The summed E-state index contributed by atoms with van der Waals surface area (Å²) in [6.07, 6.45) is 5.99. The third-order valence-corrected chi connectivity index (χ3v) is 5.04. The number of rotatable bonds is 6. The van der Waals surface area contributed by atoms with E-state index in [1.54, 1.807) is 0 Å². The van der Waals surface area contributed by atoms with Gasteiger partial charge in [0.2, 0.25) is 0 Å². The number of likely N-dealkylation sites (tertiary alicyclic amines) is 1. The molecule has 1 aliphatic rings. The van der Waals surface area contributed by atoms with Crippen LogP contribution in [0.15, 0.2) is 36.7 Å². The molecule has 2 amide bonds. The summed E-state index contributed by atoms with van der Waals surface area (Å²) < 4.78 is 7.70. The molecule has 3 rings (SSSR count). The summed E-state index contributed by atoms with van der Waals surface area (Å²) in [5, 5.41) is 2.98. The summed E-state index contributed by atoms with van der Waals surface area (Å²) in [6, 6.07) is 7.48. The number of piperidine rings is 1. The Bertz CT molecular complexity index is 731. The van der Waals surface area contributed by atoms with Crippen molar-refractivity contribution in [1.82, 2.24) is 14.5 Å². The molecule has 0 unspecified atom stereocenters. The Labute approximate surface area is 161 Å². The Morgan fingerprint density at radius 1 is 1.26 bits per heavy atom. The number of nitrogens with one attached hydrogen (secondary N) is 1. The molecule has 0 bridgehead atoms. The fourth-order valence-corrected chi connectivity index (χ4v) is 3.58. The van der Waals surface area contributed by atoms with Gasteiger partial charge < -0.3 is 19.5 Å². The fraction of sp³-hybridized carbons (Fsp3) is 0.524. The van der Waals surface area contributed by atoms with Gasteiger partial charge in [0.25, 0.3) is 0 Å². The van der Waals surface area contributed by atoms with Crippen LogP contribution in [0.4, 0.5) is 10.5 Å². The molecule has 1 aromatic carbocycles. The summed E-state index contributed by atoms with van der Waals surface area (Å²) in [7, 11) is 0. The molecule has 6 heteroatoms. The van der Waals surface area contributed by atoms with Crippen LogP contribution in [0.25, 0.3) is 0 Å². The molecule has 0 aliphatic carbocycles. The molecule has 2 aromatic rings. The molecule has 1 aliphatic heterocycles. The molecule has 1 fully saturated rings. The van der Waals surface area contributed by atoms with Crippen molar-refractivity contribution in [2.75, 3.05) is 25.0 Å². The van der Waals surface area contributed by atoms with Gasteiger partial charge in [-0.2, -0.15) is 0 Å². The lowest BCUT2D eigenvalue weighted by Gasteiger charge is -2.32. The Balaban J connectivity index is 1.48. The second kappa shape index (κ2) is 8.93. The van der Waals surface area contributed by atoms with Crippen molar-refractivity contribution in [3.05, 3.63) is 42.5 Å². The first-order chi connectivity index (χ1) is 13.1. The minimum atomic E-state index is -0.0249. The van der Waals surface area contributed by atoms with Crippen molar-refractivity contribution >= 4 is 11.7 Å². The normalized spacial score (nSPS) is 15.2. The van der Waals surface area contributed by atoms with E-state index in [0.717, 1.165) is 49.7 Å². The topological polar surface area (TPSA) is 59.4 Å². The number of ether oxygens (including phenoxy) is 1. The molecular weight excluding hydrogens is 340 g/mol. The summed E-state index contributed by atoms with van der Waals surface area (Å²) >= 11 is 0. The number of carbonyl (C=O) groups excluding carboxylic acids is 1. The SMILES string of the molecule is CCOc1ccc(NC(=O)N2CCC(Cn3ccnc3C(C)C)CC2)cc1. The number of aromatic nitrogens is 2. The summed E-state index contributed by atoms with van der Waals surface area (Å²) in [5.41, 5.74) is 0.797. The van der Waals surface area contributed by atoms with E-state index in [0.29, 0.717) is 18.4 Å². The highest BCUT2D eigenvalue weighted by molar-refractivity contribution is 5.89. The van der Waals surface area contributed by atoms with Crippen LogP contribution in [0.5, 0.6) is 5.75 Å². The van der Waals surface area contributed by atoms with Gasteiger partial charge in [-0.3, -0.25) is 0 Å². The van der Waals surface area contributed by atoms with Crippen molar-refractivity contribution in [1.29, 1.82) is 0 Å². The van der Waals surface area contributed by atoms with Crippen LogP contribution in [-0.4, -0.2) is 40.2 Å². The number of amides is 2. The number of anilines is 1. The van der Waals surface area contributed by atoms with Crippen LogP contribution in [-0.2, 0) is 6.54 Å². The van der Waals surface area contributed by atoms with E-state index in [-0.39, 0.29) is 6.03 Å². The zero-order chi connectivity index (χ0) is 19.2. The lowest BCUT2D eigenvalue weighted by molar-refractivity contribution is 0.176. The van der Waals surface area contributed by atoms with Gasteiger partial charge in [-0.05, 0) is 49.9 Å². The van der Waals surface area contributed by atoms with Crippen LogP contribution < -0.4 is 10.1 Å². The van der Waals surface area contributed by atoms with Crippen molar-refractivity contribution in [3.63, 3.8) is 0 Å². The van der Waals surface area contributed by atoms with Crippen LogP contribution in [0, 0.1) is 5.92 Å². The zero-order valence-electron chi connectivity index (χ0n) is 16.5. The molecule has 1 aromatic heterocycles. The highest BCUT2D eigenvalue weighted by Crippen LogP contribution is 2.23. The number of imidazole rings is 1. The van der Waals surface area contributed by atoms with E-state index >= 15 is 0 Å². The number of nitrogens with zero attached hydrogens (tertiary/aromatic N) is 3. The lowest BCUT2D eigenvalue weighted by atomic mass is 9.96. The predicted molar refractivity (Wildman–Crippen MR) is 107 cm³/mol. The molecule has 6 nitrogen and oxygen atoms in total. The number of urea groups is 1. The van der Waals surface area contributed by atoms with Crippen LogP contribution >= 0.6 is 0 Å². The van der Waals surface area contributed by atoms with Gasteiger partial charge in [-0.25, -0.2) is 9.78 Å². The Morgan fingerprint density at radius 2 is 1.96 bits per heavy atom. The van der Waals surface area contributed by atoms with E-state index in [9.17, 15) is 4.79 Å². The van der Waals surface area contributed by atoms with Crippen molar-refractivity contribution in [3.8, 4) is 5.75 Å².